The molecule has 0 atom stereocenters. The lowest BCUT2D eigenvalue weighted by Crippen LogP contribution is -2.40. The van der Waals surface area contributed by atoms with Crippen LogP contribution in [-0.4, -0.2) is 50.0 Å². The maximum Gasteiger partial charge on any atom is 0.238 e. The van der Waals surface area contributed by atoms with Crippen molar-refractivity contribution in [2.75, 3.05) is 38.6 Å². The van der Waals surface area contributed by atoms with Gasteiger partial charge in [0.25, 0.3) is 0 Å². The predicted octanol–water partition coefficient (Wildman–Crippen LogP) is 3.06. The minimum atomic E-state index is -0.246. The lowest BCUT2D eigenvalue weighted by Gasteiger charge is -2.16. The number of halogens is 2. The molecule has 6 nitrogen and oxygen atoms in total. The first-order valence-electron chi connectivity index (χ1n) is 8.32. The van der Waals surface area contributed by atoms with Crippen LogP contribution >= 0.6 is 23.2 Å². The molecule has 0 aliphatic heterocycles. The molecule has 0 aliphatic rings. The molecule has 0 heterocycles. The van der Waals surface area contributed by atoms with Gasteiger partial charge in [0.15, 0.2) is 0 Å². The summed E-state index contributed by atoms with van der Waals surface area (Å²) < 4.78 is 5.49. The van der Waals surface area contributed by atoms with Gasteiger partial charge in [-0.2, -0.15) is 0 Å². The Kier molecular flexibility index (Phi) is 8.39. The number of nitrogens with one attached hydrogen (secondary N) is 2. The molecule has 8 heteroatoms. The highest BCUT2D eigenvalue weighted by Gasteiger charge is 2.11. The van der Waals surface area contributed by atoms with Gasteiger partial charge in [-0.25, -0.2) is 0 Å². The second-order valence-corrected chi connectivity index (χ2v) is 6.70. The van der Waals surface area contributed by atoms with Gasteiger partial charge >= 0.3 is 0 Å². The third kappa shape index (κ3) is 7.86. The number of nitrogens with zero attached hydrogens (tertiary/aromatic N) is 1. The van der Waals surface area contributed by atoms with E-state index in [1.54, 1.807) is 60.5 Å². The van der Waals surface area contributed by atoms with Gasteiger partial charge in [0.2, 0.25) is 11.8 Å². The maximum atomic E-state index is 12.0. The van der Waals surface area contributed by atoms with Crippen LogP contribution in [0.4, 0.5) is 5.69 Å². The second-order valence-electron chi connectivity index (χ2n) is 5.85. The number of rotatable bonds is 9. The zero-order valence-corrected chi connectivity index (χ0v) is 16.4. The van der Waals surface area contributed by atoms with E-state index in [2.05, 4.69) is 10.6 Å². The molecule has 0 spiro atoms. The van der Waals surface area contributed by atoms with E-state index in [1.807, 2.05) is 0 Å². The minimum absolute atomic E-state index is 0.0694. The van der Waals surface area contributed by atoms with Crippen molar-refractivity contribution in [1.82, 2.24) is 10.2 Å². The average Bonchev–Trinajstić information content (AvgIpc) is 2.62. The molecule has 0 radical (unpaired) electrons. The summed E-state index contributed by atoms with van der Waals surface area (Å²) in [6, 6.07) is 14.0. The molecule has 0 unspecified atom stereocenters. The third-order valence-electron chi connectivity index (χ3n) is 3.48. The Balaban J connectivity index is 1.63. The van der Waals surface area contributed by atoms with Crippen LogP contribution in [0.5, 0.6) is 5.75 Å². The molecule has 0 fully saturated rings. The van der Waals surface area contributed by atoms with Crippen molar-refractivity contribution >= 4 is 40.7 Å². The van der Waals surface area contributed by atoms with Gasteiger partial charge in [-0.15, -0.1) is 0 Å². The van der Waals surface area contributed by atoms with E-state index in [-0.39, 0.29) is 24.9 Å². The number of ether oxygens (including phenoxy) is 1. The fourth-order valence-electron chi connectivity index (χ4n) is 2.24. The Morgan fingerprint density at radius 2 is 1.67 bits per heavy atom. The quantitative estimate of drug-likeness (QED) is 0.624. The van der Waals surface area contributed by atoms with Crippen LogP contribution < -0.4 is 15.4 Å². The standard InChI is InChI=1S/C19H21Cl2N3O3/c1-24(13-19(26)23-17-5-3-2-4-16(17)21)12-18(25)22-10-11-27-15-8-6-14(20)7-9-15/h2-9H,10-13H2,1H3,(H,22,25)(H,23,26). The van der Waals surface area contributed by atoms with E-state index < -0.39 is 0 Å². The topological polar surface area (TPSA) is 70.7 Å². The highest BCUT2D eigenvalue weighted by molar-refractivity contribution is 6.33. The number of likely N-dealkylation sites (N-methyl/N-ethyl adjacent to an activating group) is 1. The predicted molar refractivity (Wildman–Crippen MR) is 108 cm³/mol. The Labute approximate surface area is 168 Å². The molecule has 2 aromatic rings. The monoisotopic (exact) mass is 409 g/mol. The number of hydrogen-bond donors (Lipinski definition) is 2. The first-order valence-corrected chi connectivity index (χ1v) is 9.07. The Morgan fingerprint density at radius 3 is 2.37 bits per heavy atom. The minimum Gasteiger partial charge on any atom is -0.492 e. The van der Waals surface area contributed by atoms with Crippen LogP contribution in [0.2, 0.25) is 10.0 Å². The molecule has 0 aromatic heterocycles. The molecule has 27 heavy (non-hydrogen) atoms. The zero-order valence-electron chi connectivity index (χ0n) is 14.9. The average molecular weight is 410 g/mol. The summed E-state index contributed by atoms with van der Waals surface area (Å²) in [6.07, 6.45) is 0. The van der Waals surface area contributed by atoms with Crippen LogP contribution in [-0.2, 0) is 9.59 Å². The summed E-state index contributed by atoms with van der Waals surface area (Å²) in [5, 5.41) is 6.56. The summed E-state index contributed by atoms with van der Waals surface area (Å²) in [4.78, 5) is 25.6. The van der Waals surface area contributed by atoms with Crippen molar-refractivity contribution in [3.05, 3.63) is 58.6 Å². The van der Waals surface area contributed by atoms with Crippen LogP contribution in [0.25, 0.3) is 0 Å². The van der Waals surface area contributed by atoms with Crippen molar-refractivity contribution in [2.45, 2.75) is 0 Å². The first kappa shape index (κ1) is 21.0. The number of anilines is 1. The highest BCUT2D eigenvalue weighted by Crippen LogP contribution is 2.20. The molecular weight excluding hydrogens is 389 g/mol. The Hall–Kier alpha value is -2.28. The molecule has 0 bridgehead atoms. The number of carbonyl (C=O) groups is 2. The van der Waals surface area contributed by atoms with Crippen molar-refractivity contribution < 1.29 is 14.3 Å². The molecular formula is C19H21Cl2N3O3. The summed E-state index contributed by atoms with van der Waals surface area (Å²) in [6.45, 7) is 0.863. The fourth-order valence-corrected chi connectivity index (χ4v) is 2.55. The first-order chi connectivity index (χ1) is 12.9. The smallest absolute Gasteiger partial charge is 0.238 e. The molecule has 0 saturated carbocycles. The molecule has 0 aliphatic carbocycles. The van der Waals surface area contributed by atoms with Gasteiger partial charge in [0, 0.05) is 5.02 Å². The van der Waals surface area contributed by atoms with Gasteiger partial charge in [0.1, 0.15) is 12.4 Å². The van der Waals surface area contributed by atoms with Gasteiger partial charge in [-0.3, -0.25) is 14.5 Å². The molecule has 0 saturated heterocycles. The van der Waals surface area contributed by atoms with Crippen LogP contribution in [0.15, 0.2) is 48.5 Å². The molecule has 2 aromatic carbocycles. The van der Waals surface area contributed by atoms with Crippen molar-refractivity contribution in [2.24, 2.45) is 0 Å². The largest absolute Gasteiger partial charge is 0.492 e. The summed E-state index contributed by atoms with van der Waals surface area (Å²) in [7, 11) is 1.69. The zero-order chi connectivity index (χ0) is 19.6. The highest BCUT2D eigenvalue weighted by atomic mass is 35.5. The van der Waals surface area contributed by atoms with Gasteiger partial charge < -0.3 is 15.4 Å². The number of amides is 2. The van der Waals surface area contributed by atoms with Crippen LogP contribution in [0.3, 0.4) is 0 Å². The van der Waals surface area contributed by atoms with Crippen molar-refractivity contribution in [3.63, 3.8) is 0 Å². The van der Waals surface area contributed by atoms with Crippen molar-refractivity contribution in [3.8, 4) is 5.75 Å². The van der Waals surface area contributed by atoms with E-state index in [1.165, 1.54) is 0 Å². The van der Waals surface area contributed by atoms with E-state index in [4.69, 9.17) is 27.9 Å². The fraction of sp³-hybridized carbons (Fsp3) is 0.263. The van der Waals surface area contributed by atoms with Gasteiger partial charge in [-0.05, 0) is 43.4 Å². The number of hydrogen-bond acceptors (Lipinski definition) is 4. The van der Waals surface area contributed by atoms with E-state index in [0.29, 0.717) is 34.6 Å². The normalized spacial score (nSPS) is 10.5. The maximum absolute atomic E-state index is 12.0. The lowest BCUT2D eigenvalue weighted by molar-refractivity contribution is -0.123. The summed E-state index contributed by atoms with van der Waals surface area (Å²) in [5.41, 5.74) is 0.543. The third-order valence-corrected chi connectivity index (χ3v) is 4.06. The molecule has 2 amide bonds. The van der Waals surface area contributed by atoms with E-state index in [9.17, 15) is 9.59 Å². The van der Waals surface area contributed by atoms with Crippen LogP contribution in [0.1, 0.15) is 0 Å². The molecule has 2 N–H and O–H groups in total. The van der Waals surface area contributed by atoms with Crippen LogP contribution in [0, 0.1) is 0 Å². The Bertz CT molecular complexity index is 769. The van der Waals surface area contributed by atoms with Gasteiger partial charge in [0.05, 0.1) is 30.3 Å². The summed E-state index contributed by atoms with van der Waals surface area (Å²) >= 11 is 11.8. The van der Waals surface area contributed by atoms with Crippen molar-refractivity contribution in [1.29, 1.82) is 0 Å². The lowest BCUT2D eigenvalue weighted by atomic mass is 10.3. The van der Waals surface area contributed by atoms with Gasteiger partial charge in [-0.1, -0.05) is 35.3 Å². The summed E-state index contributed by atoms with van der Waals surface area (Å²) in [5.74, 6) is 0.245. The molecule has 144 valence electrons. The number of benzene rings is 2. The number of para-hydroxylation sites is 1. The van der Waals surface area contributed by atoms with E-state index in [0.717, 1.165) is 0 Å². The van der Waals surface area contributed by atoms with E-state index >= 15 is 0 Å². The SMILES string of the molecule is CN(CC(=O)NCCOc1ccc(Cl)cc1)CC(=O)Nc1ccccc1Cl. The Morgan fingerprint density at radius 1 is 1.00 bits per heavy atom. The second kappa shape index (κ2) is 10.8. The molecule has 2 rings (SSSR count). The number of carbonyl (C=O) groups excluding carboxylic acids is 2.